The second-order valence-corrected chi connectivity index (χ2v) is 9.54. The number of carboxylic acid groups (broad SMARTS) is 1. The largest absolute Gasteiger partial charge is 0.485 e. The van der Waals surface area contributed by atoms with E-state index in [1.54, 1.807) is 6.92 Å². The lowest BCUT2D eigenvalue weighted by atomic mass is 10.0. The molecule has 9 heteroatoms. The average Bonchev–Trinajstić information content (AvgIpc) is 3.21. The van der Waals surface area contributed by atoms with Crippen molar-refractivity contribution in [2.75, 3.05) is 6.61 Å². The Balaban J connectivity index is 1.81. The van der Waals surface area contributed by atoms with E-state index < -0.39 is 23.8 Å². The molecule has 194 valence electrons. The summed E-state index contributed by atoms with van der Waals surface area (Å²) >= 11 is 1.42. The highest BCUT2D eigenvalue weighted by molar-refractivity contribution is 7.15. The van der Waals surface area contributed by atoms with Gasteiger partial charge >= 0.3 is 12.1 Å². The predicted molar refractivity (Wildman–Crippen MR) is 133 cm³/mol. The van der Waals surface area contributed by atoms with Crippen LogP contribution in [0.1, 0.15) is 60.1 Å². The van der Waals surface area contributed by atoms with Gasteiger partial charge in [-0.25, -0.2) is 9.78 Å². The molecule has 0 aliphatic carbocycles. The fraction of sp³-hybridized carbons (Fsp3) is 0.407. The first kappa shape index (κ1) is 27.7. The van der Waals surface area contributed by atoms with E-state index in [9.17, 15) is 23.1 Å². The number of rotatable bonds is 11. The van der Waals surface area contributed by atoms with Crippen molar-refractivity contribution in [3.63, 3.8) is 0 Å². The summed E-state index contributed by atoms with van der Waals surface area (Å²) in [5.74, 6) is -0.342. The standard InChI is InChI=1S/C27H30F3NO4S/c1-5-7-22(35-21-13-10-19(16(3)14-21)15-23(26(32)33)34-6-2)24-17(4)31-25(36-24)18-8-11-20(12-9-18)27(28,29)30/h8-14,22-23H,5-7,15H2,1-4H3,(H,32,33). The van der Waals surface area contributed by atoms with Crippen LogP contribution in [0.3, 0.4) is 0 Å². The highest BCUT2D eigenvalue weighted by atomic mass is 32.1. The van der Waals surface area contributed by atoms with Crippen molar-refractivity contribution < 1.29 is 32.5 Å². The van der Waals surface area contributed by atoms with Gasteiger partial charge in [0.2, 0.25) is 0 Å². The summed E-state index contributed by atoms with van der Waals surface area (Å²) in [7, 11) is 0. The summed E-state index contributed by atoms with van der Waals surface area (Å²) < 4.78 is 50.4. The number of benzene rings is 2. The molecular formula is C27H30F3NO4S. The molecule has 0 bridgehead atoms. The van der Waals surface area contributed by atoms with Crippen LogP contribution in [-0.4, -0.2) is 28.8 Å². The Morgan fingerprint density at radius 2 is 1.81 bits per heavy atom. The van der Waals surface area contributed by atoms with Crippen LogP contribution in [0.25, 0.3) is 10.6 Å². The second-order valence-electron chi connectivity index (χ2n) is 8.51. The van der Waals surface area contributed by atoms with Crippen LogP contribution in [-0.2, 0) is 22.1 Å². The number of ether oxygens (including phenoxy) is 2. The number of aryl methyl sites for hydroxylation is 2. The number of thiazole rings is 1. The van der Waals surface area contributed by atoms with Crippen molar-refractivity contribution in [1.29, 1.82) is 0 Å². The Hall–Kier alpha value is -2.91. The third-order valence-electron chi connectivity index (χ3n) is 5.78. The fourth-order valence-electron chi connectivity index (χ4n) is 3.89. The van der Waals surface area contributed by atoms with Crippen molar-refractivity contribution >= 4 is 17.3 Å². The van der Waals surface area contributed by atoms with E-state index in [1.807, 2.05) is 32.0 Å². The molecule has 2 unspecified atom stereocenters. The van der Waals surface area contributed by atoms with Crippen LogP contribution in [0, 0.1) is 13.8 Å². The monoisotopic (exact) mass is 521 g/mol. The van der Waals surface area contributed by atoms with Crippen molar-refractivity contribution in [1.82, 2.24) is 4.98 Å². The van der Waals surface area contributed by atoms with Crippen LogP contribution in [0.5, 0.6) is 5.75 Å². The lowest BCUT2D eigenvalue weighted by Crippen LogP contribution is -2.26. The van der Waals surface area contributed by atoms with Crippen molar-refractivity contribution in [3.8, 4) is 16.3 Å². The Kier molecular flexibility index (Phi) is 9.13. The maximum absolute atomic E-state index is 12.9. The minimum Gasteiger partial charge on any atom is -0.485 e. The van der Waals surface area contributed by atoms with Crippen LogP contribution in [0.4, 0.5) is 13.2 Å². The van der Waals surface area contributed by atoms with Gasteiger partial charge in [0.05, 0.1) is 16.1 Å². The highest BCUT2D eigenvalue weighted by Crippen LogP contribution is 2.38. The minimum atomic E-state index is -4.38. The summed E-state index contributed by atoms with van der Waals surface area (Å²) in [6, 6.07) is 10.6. The highest BCUT2D eigenvalue weighted by Gasteiger charge is 2.30. The lowest BCUT2D eigenvalue weighted by Gasteiger charge is -2.20. The molecule has 0 amide bonds. The van der Waals surface area contributed by atoms with Gasteiger partial charge in [0.1, 0.15) is 16.9 Å². The summed E-state index contributed by atoms with van der Waals surface area (Å²) in [5, 5.41) is 10.0. The quantitative estimate of drug-likeness (QED) is 0.285. The third-order valence-corrected chi connectivity index (χ3v) is 7.07. The number of carboxylic acids is 1. The molecule has 2 aromatic carbocycles. The van der Waals surface area contributed by atoms with Crippen LogP contribution >= 0.6 is 11.3 Å². The molecule has 1 N–H and O–H groups in total. The SMILES string of the molecule is CCCC(Oc1ccc(CC(OCC)C(=O)O)c(C)c1)c1sc(-c2ccc(C(F)(F)F)cc2)nc1C. The van der Waals surface area contributed by atoms with Gasteiger partial charge in [0.15, 0.2) is 6.10 Å². The summed E-state index contributed by atoms with van der Waals surface area (Å²) in [4.78, 5) is 17.0. The molecular weight excluding hydrogens is 491 g/mol. The number of nitrogens with zero attached hydrogens (tertiary/aromatic N) is 1. The number of hydrogen-bond donors (Lipinski definition) is 1. The van der Waals surface area contributed by atoms with E-state index in [0.29, 0.717) is 22.9 Å². The third kappa shape index (κ3) is 6.85. The average molecular weight is 522 g/mol. The molecule has 5 nitrogen and oxygen atoms in total. The maximum atomic E-state index is 12.9. The Bertz CT molecular complexity index is 1170. The Labute approximate surface area is 212 Å². The van der Waals surface area contributed by atoms with E-state index in [1.165, 1.54) is 23.5 Å². The molecule has 0 fully saturated rings. The number of aliphatic carboxylic acids is 1. The van der Waals surface area contributed by atoms with Gasteiger partial charge in [0, 0.05) is 18.6 Å². The van der Waals surface area contributed by atoms with Gasteiger partial charge in [-0.05, 0) is 62.6 Å². The summed E-state index contributed by atoms with van der Waals surface area (Å²) in [5.41, 5.74) is 2.48. The van der Waals surface area contributed by atoms with Crippen LogP contribution in [0.2, 0.25) is 0 Å². The van der Waals surface area contributed by atoms with E-state index >= 15 is 0 Å². The zero-order valence-corrected chi connectivity index (χ0v) is 21.5. The number of halogens is 3. The first-order chi connectivity index (χ1) is 17.0. The van der Waals surface area contributed by atoms with Gasteiger partial charge < -0.3 is 14.6 Å². The van der Waals surface area contributed by atoms with Crippen molar-refractivity contribution in [3.05, 3.63) is 69.7 Å². The predicted octanol–water partition coefficient (Wildman–Crippen LogP) is 7.40. The van der Waals surface area contributed by atoms with Gasteiger partial charge in [-0.1, -0.05) is 31.5 Å². The molecule has 0 aliphatic heterocycles. The zero-order valence-electron chi connectivity index (χ0n) is 20.7. The zero-order chi connectivity index (χ0) is 26.5. The lowest BCUT2D eigenvalue weighted by molar-refractivity contribution is -0.150. The topological polar surface area (TPSA) is 68.7 Å². The molecule has 2 atom stereocenters. The van der Waals surface area contributed by atoms with E-state index in [2.05, 4.69) is 11.9 Å². The van der Waals surface area contributed by atoms with Crippen LogP contribution in [0.15, 0.2) is 42.5 Å². The second kappa shape index (κ2) is 11.9. The van der Waals surface area contributed by atoms with Crippen molar-refractivity contribution in [2.45, 2.75) is 65.3 Å². The molecule has 1 heterocycles. The van der Waals surface area contributed by atoms with E-state index in [4.69, 9.17) is 9.47 Å². The first-order valence-electron chi connectivity index (χ1n) is 11.8. The van der Waals surface area contributed by atoms with E-state index in [-0.39, 0.29) is 12.5 Å². The number of aromatic nitrogens is 1. The Morgan fingerprint density at radius 3 is 2.36 bits per heavy atom. The molecule has 0 saturated heterocycles. The number of alkyl halides is 3. The van der Waals surface area contributed by atoms with Gasteiger partial charge in [-0.15, -0.1) is 11.3 Å². The van der Waals surface area contributed by atoms with E-state index in [0.717, 1.165) is 46.7 Å². The van der Waals surface area contributed by atoms with Gasteiger partial charge in [0.25, 0.3) is 0 Å². The maximum Gasteiger partial charge on any atom is 0.416 e. The summed E-state index contributed by atoms with van der Waals surface area (Å²) in [6.07, 6.45) is -3.69. The molecule has 3 rings (SSSR count). The first-order valence-corrected chi connectivity index (χ1v) is 12.6. The molecule has 0 saturated carbocycles. The van der Waals surface area contributed by atoms with Crippen molar-refractivity contribution in [2.24, 2.45) is 0 Å². The molecule has 36 heavy (non-hydrogen) atoms. The normalized spacial score (nSPS) is 13.4. The smallest absolute Gasteiger partial charge is 0.416 e. The summed E-state index contributed by atoms with van der Waals surface area (Å²) in [6.45, 7) is 7.91. The number of carbonyl (C=O) groups is 1. The minimum absolute atomic E-state index is 0.262. The molecule has 0 aliphatic rings. The number of hydrogen-bond acceptors (Lipinski definition) is 5. The Morgan fingerprint density at radius 1 is 1.11 bits per heavy atom. The van der Waals surface area contributed by atoms with Gasteiger partial charge in [-0.3, -0.25) is 0 Å². The van der Waals surface area contributed by atoms with Gasteiger partial charge in [-0.2, -0.15) is 13.2 Å². The molecule has 1 aromatic heterocycles. The molecule has 0 radical (unpaired) electrons. The van der Waals surface area contributed by atoms with Crippen LogP contribution < -0.4 is 4.74 Å². The molecule has 3 aromatic rings. The molecule has 0 spiro atoms. The fourth-order valence-corrected chi connectivity index (χ4v) is 5.03.